The Morgan fingerprint density at radius 1 is 1.45 bits per heavy atom. The van der Waals surface area contributed by atoms with Gasteiger partial charge in [0.1, 0.15) is 17.6 Å². The van der Waals surface area contributed by atoms with Crippen LogP contribution in [0, 0.1) is 6.92 Å². The Hall–Kier alpha value is -2.53. The highest BCUT2D eigenvalue weighted by molar-refractivity contribution is 5.92. The van der Waals surface area contributed by atoms with E-state index in [1.807, 2.05) is 25.1 Å². The van der Waals surface area contributed by atoms with Gasteiger partial charge >= 0.3 is 0 Å². The molecule has 1 heterocycles. The van der Waals surface area contributed by atoms with Crippen LogP contribution in [0.2, 0.25) is 0 Å². The van der Waals surface area contributed by atoms with E-state index in [1.54, 1.807) is 25.3 Å². The molecule has 0 saturated carbocycles. The molecule has 1 amide bonds. The highest BCUT2D eigenvalue weighted by atomic mass is 16.5. The van der Waals surface area contributed by atoms with Crippen molar-refractivity contribution >= 4 is 12.0 Å². The zero-order chi connectivity index (χ0) is 15.9. The molecule has 5 nitrogen and oxygen atoms in total. The first-order chi connectivity index (χ1) is 10.6. The number of aryl methyl sites for hydroxylation is 1. The lowest BCUT2D eigenvalue weighted by Gasteiger charge is -2.08. The van der Waals surface area contributed by atoms with Crippen LogP contribution in [-0.2, 0) is 4.79 Å². The van der Waals surface area contributed by atoms with Gasteiger partial charge in [0.25, 0.3) is 0 Å². The van der Waals surface area contributed by atoms with Gasteiger partial charge in [0.15, 0.2) is 0 Å². The van der Waals surface area contributed by atoms with E-state index < -0.39 is 6.10 Å². The number of methoxy groups -OCH3 is 1. The fraction of sp³-hybridized carbons (Fsp3) is 0.235. The summed E-state index contributed by atoms with van der Waals surface area (Å²) in [6, 6.07) is 9.07. The monoisotopic (exact) mass is 301 g/mol. The van der Waals surface area contributed by atoms with Crippen molar-refractivity contribution in [1.82, 2.24) is 5.32 Å². The van der Waals surface area contributed by atoms with E-state index in [9.17, 15) is 9.90 Å². The second-order valence-electron chi connectivity index (χ2n) is 4.86. The number of rotatable bonds is 6. The molecular formula is C17H19NO4. The largest absolute Gasteiger partial charge is 0.496 e. The van der Waals surface area contributed by atoms with Gasteiger partial charge < -0.3 is 19.6 Å². The van der Waals surface area contributed by atoms with Crippen LogP contribution >= 0.6 is 0 Å². The van der Waals surface area contributed by atoms with Crippen molar-refractivity contribution in [1.29, 1.82) is 0 Å². The summed E-state index contributed by atoms with van der Waals surface area (Å²) < 4.78 is 10.3. The van der Waals surface area contributed by atoms with Crippen molar-refractivity contribution in [3.63, 3.8) is 0 Å². The molecular weight excluding hydrogens is 282 g/mol. The summed E-state index contributed by atoms with van der Waals surface area (Å²) >= 11 is 0. The van der Waals surface area contributed by atoms with Gasteiger partial charge in [0.05, 0.1) is 19.9 Å². The highest BCUT2D eigenvalue weighted by Gasteiger charge is 2.10. The summed E-state index contributed by atoms with van der Waals surface area (Å²) in [5.41, 5.74) is 1.90. The molecule has 0 saturated heterocycles. The second kappa shape index (κ2) is 7.47. The molecule has 116 valence electrons. The molecule has 1 aromatic heterocycles. The maximum Gasteiger partial charge on any atom is 0.244 e. The SMILES string of the molecule is COc1ccc(C)cc1/C=C/C(=O)NCC(O)c1ccco1. The minimum Gasteiger partial charge on any atom is -0.496 e. The van der Waals surface area contributed by atoms with Gasteiger partial charge in [-0.3, -0.25) is 4.79 Å². The van der Waals surface area contributed by atoms with Crippen molar-refractivity contribution in [3.05, 3.63) is 59.6 Å². The quantitative estimate of drug-likeness (QED) is 0.804. The normalized spacial score (nSPS) is 12.3. The van der Waals surface area contributed by atoms with Gasteiger partial charge in [0, 0.05) is 11.6 Å². The Labute approximate surface area is 129 Å². The lowest BCUT2D eigenvalue weighted by molar-refractivity contribution is -0.116. The van der Waals surface area contributed by atoms with Crippen LogP contribution in [0.1, 0.15) is 23.0 Å². The fourth-order valence-corrected chi connectivity index (χ4v) is 1.99. The van der Waals surface area contributed by atoms with Gasteiger partial charge in [-0.25, -0.2) is 0 Å². The molecule has 0 aliphatic rings. The van der Waals surface area contributed by atoms with Gasteiger partial charge in [-0.2, -0.15) is 0 Å². The molecule has 0 fully saturated rings. The molecule has 0 spiro atoms. The van der Waals surface area contributed by atoms with Gasteiger partial charge in [-0.1, -0.05) is 11.6 Å². The van der Waals surface area contributed by atoms with Crippen LogP contribution in [0.5, 0.6) is 5.75 Å². The number of carbonyl (C=O) groups is 1. The third-order valence-electron chi connectivity index (χ3n) is 3.14. The van der Waals surface area contributed by atoms with Crippen LogP contribution < -0.4 is 10.1 Å². The molecule has 5 heteroatoms. The minimum atomic E-state index is -0.860. The summed E-state index contributed by atoms with van der Waals surface area (Å²) in [5.74, 6) is 0.823. The first-order valence-electron chi connectivity index (χ1n) is 6.92. The van der Waals surface area contributed by atoms with Crippen molar-refractivity contribution in [2.75, 3.05) is 13.7 Å². The number of amides is 1. The van der Waals surface area contributed by atoms with Crippen LogP contribution in [0.15, 0.2) is 47.1 Å². The van der Waals surface area contributed by atoms with Crippen LogP contribution in [0.25, 0.3) is 6.08 Å². The molecule has 1 unspecified atom stereocenters. The third-order valence-corrected chi connectivity index (χ3v) is 3.14. The zero-order valence-electron chi connectivity index (χ0n) is 12.6. The first-order valence-corrected chi connectivity index (χ1v) is 6.92. The summed E-state index contributed by atoms with van der Waals surface area (Å²) in [7, 11) is 1.59. The van der Waals surface area contributed by atoms with Crippen LogP contribution in [0.3, 0.4) is 0 Å². The maximum absolute atomic E-state index is 11.8. The van der Waals surface area contributed by atoms with Crippen molar-refractivity contribution in [3.8, 4) is 5.75 Å². The van der Waals surface area contributed by atoms with E-state index in [0.29, 0.717) is 11.5 Å². The fourth-order valence-electron chi connectivity index (χ4n) is 1.99. The molecule has 0 aliphatic carbocycles. The molecule has 1 atom stereocenters. The average Bonchev–Trinajstić information content (AvgIpc) is 3.05. The van der Waals surface area contributed by atoms with E-state index in [-0.39, 0.29) is 12.5 Å². The lowest BCUT2D eigenvalue weighted by atomic mass is 10.1. The molecule has 2 aromatic rings. The Bertz CT molecular complexity index is 647. The Balaban J connectivity index is 1.93. The van der Waals surface area contributed by atoms with Gasteiger partial charge in [-0.15, -0.1) is 0 Å². The Morgan fingerprint density at radius 3 is 2.95 bits per heavy atom. The maximum atomic E-state index is 11.8. The van der Waals surface area contributed by atoms with Crippen molar-refractivity contribution in [2.45, 2.75) is 13.0 Å². The molecule has 1 aromatic carbocycles. The number of furan rings is 1. The summed E-state index contributed by atoms with van der Waals surface area (Å²) in [5, 5.41) is 12.4. The number of nitrogens with one attached hydrogen (secondary N) is 1. The molecule has 22 heavy (non-hydrogen) atoms. The van der Waals surface area contributed by atoms with Gasteiger partial charge in [0.2, 0.25) is 5.91 Å². The number of hydrogen-bond acceptors (Lipinski definition) is 4. The summed E-state index contributed by atoms with van der Waals surface area (Å²) in [6.45, 7) is 2.05. The number of aliphatic hydroxyl groups excluding tert-OH is 1. The Morgan fingerprint density at radius 2 is 2.27 bits per heavy atom. The predicted molar refractivity (Wildman–Crippen MR) is 83.4 cm³/mol. The Kier molecular flexibility index (Phi) is 5.38. The van der Waals surface area contributed by atoms with E-state index in [0.717, 1.165) is 11.1 Å². The van der Waals surface area contributed by atoms with E-state index in [2.05, 4.69) is 5.32 Å². The van der Waals surface area contributed by atoms with E-state index in [1.165, 1.54) is 12.3 Å². The smallest absolute Gasteiger partial charge is 0.244 e. The zero-order valence-corrected chi connectivity index (χ0v) is 12.6. The lowest BCUT2D eigenvalue weighted by Crippen LogP contribution is -2.26. The number of carbonyl (C=O) groups excluding carboxylic acids is 1. The van der Waals surface area contributed by atoms with Crippen molar-refractivity contribution in [2.24, 2.45) is 0 Å². The van der Waals surface area contributed by atoms with Crippen LogP contribution in [-0.4, -0.2) is 24.7 Å². The number of ether oxygens (including phenoxy) is 1. The van der Waals surface area contributed by atoms with E-state index >= 15 is 0 Å². The minimum absolute atomic E-state index is 0.0850. The van der Waals surface area contributed by atoms with E-state index in [4.69, 9.17) is 9.15 Å². The molecule has 2 rings (SSSR count). The van der Waals surface area contributed by atoms with Gasteiger partial charge in [-0.05, 0) is 37.3 Å². The molecule has 0 radical (unpaired) electrons. The average molecular weight is 301 g/mol. The molecule has 2 N–H and O–H groups in total. The standard InChI is InChI=1S/C17H19NO4/c1-12-5-7-15(21-2)13(10-12)6-8-17(20)18-11-14(19)16-4-3-9-22-16/h3-10,14,19H,11H2,1-2H3,(H,18,20)/b8-6+. The number of hydrogen-bond donors (Lipinski definition) is 2. The topological polar surface area (TPSA) is 71.7 Å². The molecule has 0 bridgehead atoms. The van der Waals surface area contributed by atoms with Crippen LogP contribution in [0.4, 0.5) is 0 Å². The summed E-state index contributed by atoms with van der Waals surface area (Å²) in [4.78, 5) is 11.8. The predicted octanol–water partition coefficient (Wildman–Crippen LogP) is 2.46. The number of aliphatic hydroxyl groups is 1. The second-order valence-corrected chi connectivity index (χ2v) is 4.86. The third kappa shape index (κ3) is 4.23. The highest BCUT2D eigenvalue weighted by Crippen LogP contribution is 2.20. The first kappa shape index (κ1) is 15.9. The van der Waals surface area contributed by atoms with Crippen molar-refractivity contribution < 1.29 is 19.1 Å². The summed E-state index contributed by atoms with van der Waals surface area (Å²) in [6.07, 6.45) is 3.71. The number of benzene rings is 1. The molecule has 0 aliphatic heterocycles.